The van der Waals surface area contributed by atoms with Crippen LogP contribution >= 0.6 is 22.9 Å². The molecule has 8 heteroatoms. The maximum atomic E-state index is 13.2. The smallest absolute Gasteiger partial charge is 0.271 e. The summed E-state index contributed by atoms with van der Waals surface area (Å²) in [6.45, 7) is 0.280. The van der Waals surface area contributed by atoms with Crippen LogP contribution in [0.1, 0.15) is 16.1 Å². The van der Waals surface area contributed by atoms with Crippen molar-refractivity contribution in [3.05, 3.63) is 75.8 Å². The second kappa shape index (κ2) is 7.58. The van der Waals surface area contributed by atoms with Crippen molar-refractivity contribution >= 4 is 39.7 Å². The first-order valence-electron chi connectivity index (χ1n) is 7.22. The normalized spacial score (nSPS) is 10.5. The minimum atomic E-state index is -0.959. The molecule has 0 bridgehead atoms. The first-order valence-corrected chi connectivity index (χ1v) is 8.48. The average Bonchev–Trinajstić information content (AvgIpc) is 3.06. The van der Waals surface area contributed by atoms with E-state index in [9.17, 15) is 13.6 Å². The second-order valence-electron chi connectivity index (χ2n) is 5.07. The Bertz CT molecular complexity index is 916. The fraction of sp³-hybridized carbons (Fsp3) is 0.0588. The van der Waals surface area contributed by atoms with Crippen LogP contribution in [-0.2, 0) is 6.54 Å². The van der Waals surface area contributed by atoms with Crippen molar-refractivity contribution in [2.24, 2.45) is 0 Å². The highest BCUT2D eigenvalue weighted by Crippen LogP contribution is 2.22. The number of carbonyl (C=O) groups excluding carboxylic acids is 1. The van der Waals surface area contributed by atoms with Crippen molar-refractivity contribution in [2.75, 3.05) is 5.32 Å². The van der Waals surface area contributed by atoms with Gasteiger partial charge in [0.15, 0.2) is 16.8 Å². The first-order chi connectivity index (χ1) is 12.0. The third-order valence-corrected chi connectivity index (χ3v) is 4.43. The number of carbonyl (C=O) groups is 1. The lowest BCUT2D eigenvalue weighted by atomic mass is 10.2. The largest absolute Gasteiger partial charge is 0.347 e. The Balaban J connectivity index is 1.63. The molecule has 4 nitrogen and oxygen atoms in total. The van der Waals surface area contributed by atoms with Gasteiger partial charge in [0.2, 0.25) is 0 Å². The second-order valence-corrected chi connectivity index (χ2v) is 6.33. The molecule has 0 aliphatic carbocycles. The molecule has 0 atom stereocenters. The molecule has 1 amide bonds. The maximum Gasteiger partial charge on any atom is 0.271 e. The van der Waals surface area contributed by atoms with Gasteiger partial charge in [0.1, 0.15) is 5.69 Å². The molecule has 0 saturated carbocycles. The number of benzene rings is 2. The van der Waals surface area contributed by atoms with E-state index in [2.05, 4.69) is 15.6 Å². The summed E-state index contributed by atoms with van der Waals surface area (Å²) in [6, 6.07) is 10.6. The van der Waals surface area contributed by atoms with E-state index in [0.717, 1.165) is 17.7 Å². The maximum absolute atomic E-state index is 13.2. The van der Waals surface area contributed by atoms with E-state index >= 15 is 0 Å². The number of aromatic nitrogens is 1. The SMILES string of the molecule is O=C(NCc1ccccc1Cl)c1csc(Nc2ccc(F)c(F)c2)n1. The number of rotatable bonds is 5. The van der Waals surface area contributed by atoms with E-state index in [4.69, 9.17) is 11.6 Å². The third kappa shape index (κ3) is 4.32. The quantitative estimate of drug-likeness (QED) is 0.672. The predicted octanol–water partition coefficient (Wildman–Crippen LogP) is 4.75. The average molecular weight is 380 g/mol. The molecular formula is C17H12ClF2N3OS. The molecule has 0 saturated heterocycles. The Hall–Kier alpha value is -2.51. The van der Waals surface area contributed by atoms with Crippen LogP contribution in [0.15, 0.2) is 47.8 Å². The molecule has 0 aliphatic rings. The van der Waals surface area contributed by atoms with Gasteiger partial charge in [-0.1, -0.05) is 29.8 Å². The summed E-state index contributed by atoms with van der Waals surface area (Å²) < 4.78 is 26.1. The van der Waals surface area contributed by atoms with Gasteiger partial charge in [0, 0.05) is 28.7 Å². The number of amides is 1. The van der Waals surface area contributed by atoms with Crippen LogP contribution in [0.25, 0.3) is 0 Å². The molecule has 128 valence electrons. The van der Waals surface area contributed by atoms with Crippen molar-refractivity contribution in [2.45, 2.75) is 6.54 Å². The van der Waals surface area contributed by atoms with Crippen LogP contribution in [0.2, 0.25) is 5.02 Å². The molecule has 1 heterocycles. The molecule has 3 rings (SSSR count). The molecule has 0 radical (unpaired) electrons. The molecule has 25 heavy (non-hydrogen) atoms. The molecule has 0 unspecified atom stereocenters. The first kappa shape index (κ1) is 17.3. The minimum absolute atomic E-state index is 0.224. The van der Waals surface area contributed by atoms with Crippen LogP contribution in [0.4, 0.5) is 19.6 Å². The molecule has 2 N–H and O–H groups in total. The summed E-state index contributed by atoms with van der Waals surface area (Å²) >= 11 is 7.22. The van der Waals surface area contributed by atoms with Gasteiger partial charge >= 0.3 is 0 Å². The van der Waals surface area contributed by atoms with Gasteiger partial charge in [-0.2, -0.15) is 0 Å². The van der Waals surface area contributed by atoms with Gasteiger partial charge in [-0.25, -0.2) is 13.8 Å². The number of anilines is 2. The van der Waals surface area contributed by atoms with E-state index in [-0.39, 0.29) is 18.1 Å². The number of nitrogens with zero attached hydrogens (tertiary/aromatic N) is 1. The Labute approximate surface area is 151 Å². The highest BCUT2D eigenvalue weighted by molar-refractivity contribution is 7.14. The number of halogens is 3. The topological polar surface area (TPSA) is 54.0 Å². The Morgan fingerprint density at radius 2 is 1.96 bits per heavy atom. The van der Waals surface area contributed by atoms with Crippen molar-refractivity contribution in [1.29, 1.82) is 0 Å². The molecule has 3 aromatic rings. The van der Waals surface area contributed by atoms with E-state index in [1.54, 1.807) is 11.4 Å². The summed E-state index contributed by atoms with van der Waals surface area (Å²) in [6.07, 6.45) is 0. The van der Waals surface area contributed by atoms with Gasteiger partial charge in [0.05, 0.1) is 0 Å². The predicted molar refractivity (Wildman–Crippen MR) is 94.4 cm³/mol. The van der Waals surface area contributed by atoms with Crippen molar-refractivity contribution < 1.29 is 13.6 Å². The minimum Gasteiger partial charge on any atom is -0.347 e. The fourth-order valence-electron chi connectivity index (χ4n) is 2.04. The molecule has 2 aromatic carbocycles. The zero-order chi connectivity index (χ0) is 17.8. The lowest BCUT2D eigenvalue weighted by Gasteiger charge is -2.05. The highest BCUT2D eigenvalue weighted by Gasteiger charge is 2.12. The van der Waals surface area contributed by atoms with Gasteiger partial charge in [-0.3, -0.25) is 4.79 Å². The van der Waals surface area contributed by atoms with Crippen LogP contribution in [0.3, 0.4) is 0 Å². The number of thiazole rings is 1. The number of nitrogens with one attached hydrogen (secondary N) is 2. The van der Waals surface area contributed by atoms with Crippen molar-refractivity contribution in [3.8, 4) is 0 Å². The van der Waals surface area contributed by atoms with Gasteiger partial charge in [0.25, 0.3) is 5.91 Å². The molecule has 0 fully saturated rings. The van der Waals surface area contributed by atoms with Crippen LogP contribution in [0.5, 0.6) is 0 Å². The summed E-state index contributed by atoms with van der Waals surface area (Å²) in [5.74, 6) is -2.24. The number of hydrogen-bond acceptors (Lipinski definition) is 4. The summed E-state index contributed by atoms with van der Waals surface area (Å²) in [4.78, 5) is 16.3. The van der Waals surface area contributed by atoms with E-state index in [1.807, 2.05) is 18.2 Å². The van der Waals surface area contributed by atoms with Gasteiger partial charge in [-0.05, 0) is 23.8 Å². The van der Waals surface area contributed by atoms with Crippen molar-refractivity contribution in [1.82, 2.24) is 10.3 Å². The Morgan fingerprint density at radius 1 is 1.16 bits per heavy atom. The zero-order valence-corrected chi connectivity index (χ0v) is 14.3. The number of hydrogen-bond donors (Lipinski definition) is 2. The molecule has 0 aliphatic heterocycles. The Morgan fingerprint density at radius 3 is 2.72 bits per heavy atom. The standard InChI is InChI=1S/C17H12ClF2N3OS/c18-12-4-2-1-3-10(12)8-21-16(24)15-9-25-17(23-15)22-11-5-6-13(19)14(20)7-11/h1-7,9H,8H2,(H,21,24)(H,22,23). The van der Waals surface area contributed by atoms with Crippen LogP contribution < -0.4 is 10.6 Å². The van der Waals surface area contributed by atoms with E-state index < -0.39 is 11.6 Å². The van der Waals surface area contributed by atoms with Gasteiger partial charge in [-0.15, -0.1) is 11.3 Å². The molecule has 0 spiro atoms. The van der Waals surface area contributed by atoms with Crippen molar-refractivity contribution in [3.63, 3.8) is 0 Å². The lowest BCUT2D eigenvalue weighted by molar-refractivity contribution is 0.0946. The third-order valence-electron chi connectivity index (χ3n) is 3.30. The van der Waals surface area contributed by atoms with E-state index in [0.29, 0.717) is 15.8 Å². The zero-order valence-electron chi connectivity index (χ0n) is 12.7. The van der Waals surface area contributed by atoms with Crippen LogP contribution in [-0.4, -0.2) is 10.9 Å². The molecular weight excluding hydrogens is 368 g/mol. The fourth-order valence-corrected chi connectivity index (χ4v) is 2.95. The highest BCUT2D eigenvalue weighted by atomic mass is 35.5. The van der Waals surface area contributed by atoms with Gasteiger partial charge < -0.3 is 10.6 Å². The summed E-state index contributed by atoms with van der Waals surface area (Å²) in [5.41, 5.74) is 1.37. The lowest BCUT2D eigenvalue weighted by Crippen LogP contribution is -2.23. The summed E-state index contributed by atoms with van der Waals surface area (Å²) in [7, 11) is 0. The Kier molecular flexibility index (Phi) is 5.25. The van der Waals surface area contributed by atoms with E-state index in [1.165, 1.54) is 17.4 Å². The monoisotopic (exact) mass is 379 g/mol. The van der Waals surface area contributed by atoms with Crippen LogP contribution in [0, 0.1) is 11.6 Å². The molecule has 1 aromatic heterocycles. The summed E-state index contributed by atoms with van der Waals surface area (Å²) in [5, 5.41) is 8.10.